The summed E-state index contributed by atoms with van der Waals surface area (Å²) in [7, 11) is 2.12. The van der Waals surface area contributed by atoms with Gasteiger partial charge in [0.05, 0.1) is 17.8 Å². The summed E-state index contributed by atoms with van der Waals surface area (Å²) < 4.78 is 2.24. The van der Waals surface area contributed by atoms with Crippen molar-refractivity contribution in [1.82, 2.24) is 14.9 Å². The minimum atomic E-state index is -0.00388. The molecule has 3 aromatic rings. The van der Waals surface area contributed by atoms with E-state index >= 15 is 0 Å². The minimum Gasteiger partial charge on any atom is -0.352 e. The van der Waals surface area contributed by atoms with E-state index in [1.165, 1.54) is 28.1 Å². The van der Waals surface area contributed by atoms with Crippen LogP contribution in [0, 0.1) is 27.7 Å². The van der Waals surface area contributed by atoms with E-state index in [0.717, 1.165) is 16.5 Å². The average molecular weight is 391 g/mol. The van der Waals surface area contributed by atoms with E-state index in [-0.39, 0.29) is 12.1 Å². The molecule has 0 amide bonds. The summed E-state index contributed by atoms with van der Waals surface area (Å²) in [5.41, 5.74) is 8.44. The molecule has 0 bridgehead atoms. The molecular formula is C23H26N4S. The maximum Gasteiger partial charge on any atom is 0.174 e. The van der Waals surface area contributed by atoms with Gasteiger partial charge >= 0.3 is 0 Å². The molecule has 0 saturated carbocycles. The normalized spacial score (nSPS) is 19.2. The van der Waals surface area contributed by atoms with Crippen LogP contribution in [-0.2, 0) is 7.05 Å². The second-order valence-electron chi connectivity index (χ2n) is 7.65. The van der Waals surface area contributed by atoms with Gasteiger partial charge in [-0.05, 0) is 86.9 Å². The number of pyridine rings is 1. The fraction of sp³-hybridized carbons (Fsp3) is 0.304. The number of hydrogen-bond acceptors (Lipinski definition) is 2. The Balaban J connectivity index is 1.89. The van der Waals surface area contributed by atoms with Crippen molar-refractivity contribution in [2.24, 2.45) is 7.05 Å². The molecule has 0 radical (unpaired) electrons. The van der Waals surface area contributed by atoms with E-state index in [4.69, 9.17) is 12.2 Å². The Morgan fingerprint density at radius 2 is 1.79 bits per heavy atom. The molecule has 4 nitrogen and oxygen atoms in total. The molecule has 28 heavy (non-hydrogen) atoms. The summed E-state index contributed by atoms with van der Waals surface area (Å²) in [5, 5.41) is 4.28. The van der Waals surface area contributed by atoms with Crippen LogP contribution in [0.5, 0.6) is 0 Å². The fourth-order valence-corrected chi connectivity index (χ4v) is 4.35. The fourth-order valence-electron chi connectivity index (χ4n) is 4.01. The number of hydrogen-bond donors (Lipinski definition) is 1. The molecule has 1 aromatic carbocycles. The van der Waals surface area contributed by atoms with Gasteiger partial charge in [-0.1, -0.05) is 12.1 Å². The zero-order chi connectivity index (χ0) is 20.0. The number of thiocarbonyl (C=S) groups is 1. The SMILES string of the molecule is Cc1ccc(N2C(=S)N[C@H](c3ccccn3)[C@@H]2c2cc(C)n(C)c2C)cc1C. The highest BCUT2D eigenvalue weighted by molar-refractivity contribution is 7.80. The third-order valence-corrected chi connectivity index (χ3v) is 6.31. The number of nitrogens with one attached hydrogen (secondary N) is 1. The van der Waals surface area contributed by atoms with E-state index < -0.39 is 0 Å². The molecule has 0 unspecified atom stereocenters. The molecule has 0 aliphatic carbocycles. The molecule has 3 heterocycles. The van der Waals surface area contributed by atoms with Crippen LogP contribution in [-0.4, -0.2) is 14.7 Å². The van der Waals surface area contributed by atoms with Crippen LogP contribution in [0.1, 0.15) is 45.9 Å². The zero-order valence-corrected chi connectivity index (χ0v) is 17.8. The van der Waals surface area contributed by atoms with Crippen molar-refractivity contribution in [3.63, 3.8) is 0 Å². The van der Waals surface area contributed by atoms with Crippen LogP contribution < -0.4 is 10.2 Å². The van der Waals surface area contributed by atoms with Gasteiger partial charge in [-0.15, -0.1) is 0 Å². The highest BCUT2D eigenvalue weighted by Crippen LogP contribution is 2.43. The molecule has 144 valence electrons. The Hall–Kier alpha value is -2.66. The van der Waals surface area contributed by atoms with Crippen LogP contribution in [0.2, 0.25) is 0 Å². The molecule has 1 saturated heterocycles. The molecule has 1 fully saturated rings. The molecule has 2 atom stereocenters. The predicted octanol–water partition coefficient (Wildman–Crippen LogP) is 4.83. The topological polar surface area (TPSA) is 33.1 Å². The number of rotatable bonds is 3. The predicted molar refractivity (Wildman–Crippen MR) is 119 cm³/mol. The van der Waals surface area contributed by atoms with Gasteiger partial charge in [0, 0.05) is 30.3 Å². The second kappa shape index (κ2) is 7.06. The number of aromatic nitrogens is 2. The smallest absolute Gasteiger partial charge is 0.174 e. The first-order chi connectivity index (χ1) is 13.4. The Morgan fingerprint density at radius 3 is 2.39 bits per heavy atom. The quantitative estimate of drug-likeness (QED) is 0.649. The van der Waals surface area contributed by atoms with Crippen LogP contribution in [0.15, 0.2) is 48.7 Å². The van der Waals surface area contributed by atoms with E-state index in [9.17, 15) is 0 Å². The Kier molecular flexibility index (Phi) is 4.71. The van der Waals surface area contributed by atoms with Crippen molar-refractivity contribution in [2.45, 2.75) is 39.8 Å². The lowest BCUT2D eigenvalue weighted by Crippen LogP contribution is -2.29. The highest BCUT2D eigenvalue weighted by atomic mass is 32.1. The van der Waals surface area contributed by atoms with Crippen molar-refractivity contribution < 1.29 is 0 Å². The maximum absolute atomic E-state index is 5.82. The van der Waals surface area contributed by atoms with Crippen molar-refractivity contribution >= 4 is 23.0 Å². The zero-order valence-electron chi connectivity index (χ0n) is 17.0. The Morgan fingerprint density at radius 1 is 1.00 bits per heavy atom. The number of aryl methyl sites for hydroxylation is 3. The molecule has 2 aromatic heterocycles. The van der Waals surface area contributed by atoms with Gasteiger partial charge < -0.3 is 14.8 Å². The summed E-state index contributed by atoms with van der Waals surface area (Å²) in [6, 6.07) is 14.9. The monoisotopic (exact) mass is 390 g/mol. The molecule has 4 rings (SSSR count). The van der Waals surface area contributed by atoms with E-state index in [2.05, 4.69) is 84.8 Å². The van der Waals surface area contributed by atoms with Gasteiger partial charge in [0.1, 0.15) is 0 Å². The number of benzene rings is 1. The Labute approximate surface area is 172 Å². The standard InChI is InChI=1S/C23H26N4S/c1-14-9-10-18(12-15(14)2)27-22(19-13-16(3)26(5)17(19)4)21(25-23(27)28)20-8-6-7-11-24-20/h6-13,21-22H,1-5H3,(H,25,28)/t21-,22+/m1/s1. The second-order valence-corrected chi connectivity index (χ2v) is 8.04. The summed E-state index contributed by atoms with van der Waals surface area (Å²) in [6.45, 7) is 8.61. The van der Waals surface area contributed by atoms with Crippen molar-refractivity contribution in [1.29, 1.82) is 0 Å². The molecule has 5 heteroatoms. The highest BCUT2D eigenvalue weighted by Gasteiger charge is 2.42. The van der Waals surface area contributed by atoms with Crippen LogP contribution in [0.3, 0.4) is 0 Å². The van der Waals surface area contributed by atoms with Crippen LogP contribution >= 0.6 is 12.2 Å². The summed E-state index contributed by atoms with van der Waals surface area (Å²) in [5.74, 6) is 0. The van der Waals surface area contributed by atoms with Crippen LogP contribution in [0.4, 0.5) is 5.69 Å². The average Bonchev–Trinajstić information content (AvgIpc) is 3.16. The molecule has 1 aliphatic rings. The number of nitrogens with zero attached hydrogens (tertiary/aromatic N) is 3. The first-order valence-electron chi connectivity index (χ1n) is 9.59. The van der Waals surface area contributed by atoms with Gasteiger partial charge in [0.25, 0.3) is 0 Å². The summed E-state index contributed by atoms with van der Waals surface area (Å²) >= 11 is 5.82. The van der Waals surface area contributed by atoms with E-state index in [1.54, 1.807) is 0 Å². The van der Waals surface area contributed by atoms with Gasteiger partial charge in [-0.3, -0.25) is 4.98 Å². The maximum atomic E-state index is 5.82. The largest absolute Gasteiger partial charge is 0.352 e. The van der Waals surface area contributed by atoms with E-state index in [0.29, 0.717) is 0 Å². The minimum absolute atomic E-state index is 0.00388. The van der Waals surface area contributed by atoms with Crippen molar-refractivity contribution in [2.75, 3.05) is 4.90 Å². The molecule has 0 spiro atoms. The first kappa shape index (κ1) is 18.7. The summed E-state index contributed by atoms with van der Waals surface area (Å²) in [6.07, 6.45) is 1.85. The van der Waals surface area contributed by atoms with Gasteiger partial charge in [0.15, 0.2) is 5.11 Å². The molecule has 1 N–H and O–H groups in total. The lowest BCUT2D eigenvalue weighted by Gasteiger charge is -2.28. The lowest BCUT2D eigenvalue weighted by atomic mass is 9.96. The number of anilines is 1. The first-order valence-corrected chi connectivity index (χ1v) is 10.00. The van der Waals surface area contributed by atoms with Crippen molar-refractivity contribution in [3.8, 4) is 0 Å². The Bertz CT molecular complexity index is 1040. The van der Waals surface area contributed by atoms with Gasteiger partial charge in [-0.25, -0.2) is 0 Å². The lowest BCUT2D eigenvalue weighted by molar-refractivity contribution is 0.564. The third kappa shape index (κ3) is 3.00. The van der Waals surface area contributed by atoms with Crippen molar-refractivity contribution in [3.05, 3.63) is 82.4 Å². The molecule has 1 aliphatic heterocycles. The van der Waals surface area contributed by atoms with Crippen LogP contribution in [0.25, 0.3) is 0 Å². The van der Waals surface area contributed by atoms with E-state index in [1.807, 2.05) is 18.3 Å². The third-order valence-electron chi connectivity index (χ3n) is 6.00. The van der Waals surface area contributed by atoms with Gasteiger partial charge in [0.2, 0.25) is 0 Å². The summed E-state index contributed by atoms with van der Waals surface area (Å²) in [4.78, 5) is 6.89. The molecular weight excluding hydrogens is 364 g/mol. The van der Waals surface area contributed by atoms with Gasteiger partial charge in [-0.2, -0.15) is 0 Å².